The van der Waals surface area contributed by atoms with Gasteiger partial charge in [0.15, 0.2) is 0 Å². The molecule has 1 atom stereocenters. The third-order valence-electron chi connectivity index (χ3n) is 2.77. The minimum absolute atomic E-state index is 0.0222. The molecule has 1 heterocycles. The highest BCUT2D eigenvalue weighted by molar-refractivity contribution is 6.30. The Morgan fingerprint density at radius 1 is 1.37 bits per heavy atom. The van der Waals surface area contributed by atoms with Crippen LogP contribution in [0.4, 0.5) is 0 Å². The van der Waals surface area contributed by atoms with Crippen LogP contribution in [0.15, 0.2) is 40.8 Å². The van der Waals surface area contributed by atoms with E-state index < -0.39 is 12.0 Å². The third-order valence-corrected chi connectivity index (χ3v) is 3.01. The van der Waals surface area contributed by atoms with Gasteiger partial charge in [-0.05, 0) is 30.7 Å². The second kappa shape index (κ2) is 5.91. The van der Waals surface area contributed by atoms with E-state index in [1.54, 1.807) is 18.2 Å². The SMILES string of the molecule is N[C@@H](CCC(=O)O)c1ccc(-c2cccc(Cl)c2)o1. The number of rotatable bonds is 5. The van der Waals surface area contributed by atoms with E-state index in [2.05, 4.69) is 0 Å². The summed E-state index contributed by atoms with van der Waals surface area (Å²) in [5, 5.41) is 9.25. The van der Waals surface area contributed by atoms with E-state index >= 15 is 0 Å². The molecule has 3 N–H and O–H groups in total. The minimum Gasteiger partial charge on any atom is -0.481 e. The molecule has 4 nitrogen and oxygen atoms in total. The standard InChI is InChI=1S/C14H14ClNO3/c15-10-3-1-2-9(8-10)12-5-6-13(19-12)11(16)4-7-14(17)18/h1-3,5-6,8,11H,4,7,16H2,(H,17,18)/t11-/m0/s1. The molecule has 0 aliphatic carbocycles. The molecule has 0 amide bonds. The largest absolute Gasteiger partial charge is 0.481 e. The lowest BCUT2D eigenvalue weighted by Gasteiger charge is -2.06. The Hall–Kier alpha value is -1.78. The normalized spacial score (nSPS) is 12.3. The van der Waals surface area contributed by atoms with Crippen LogP contribution < -0.4 is 5.73 Å². The summed E-state index contributed by atoms with van der Waals surface area (Å²) < 4.78 is 5.64. The van der Waals surface area contributed by atoms with E-state index in [0.29, 0.717) is 23.0 Å². The number of benzene rings is 1. The van der Waals surface area contributed by atoms with Crippen molar-refractivity contribution in [3.05, 3.63) is 47.2 Å². The second-order valence-corrected chi connectivity index (χ2v) is 4.69. The molecule has 0 radical (unpaired) electrons. The van der Waals surface area contributed by atoms with E-state index in [1.807, 2.05) is 18.2 Å². The number of furan rings is 1. The molecular formula is C14H14ClNO3. The van der Waals surface area contributed by atoms with Gasteiger partial charge in [-0.15, -0.1) is 0 Å². The van der Waals surface area contributed by atoms with Crippen molar-refractivity contribution in [3.63, 3.8) is 0 Å². The maximum absolute atomic E-state index is 10.5. The topological polar surface area (TPSA) is 76.5 Å². The zero-order chi connectivity index (χ0) is 13.8. The first-order valence-electron chi connectivity index (χ1n) is 5.89. The second-order valence-electron chi connectivity index (χ2n) is 4.25. The minimum atomic E-state index is -0.864. The Morgan fingerprint density at radius 3 is 2.84 bits per heavy atom. The molecule has 2 rings (SSSR count). The van der Waals surface area contributed by atoms with Crippen LogP contribution >= 0.6 is 11.6 Å². The molecule has 19 heavy (non-hydrogen) atoms. The highest BCUT2D eigenvalue weighted by Crippen LogP contribution is 2.27. The van der Waals surface area contributed by atoms with Crippen LogP contribution in [0.2, 0.25) is 5.02 Å². The van der Waals surface area contributed by atoms with Crippen molar-refractivity contribution in [2.45, 2.75) is 18.9 Å². The first-order chi connectivity index (χ1) is 9.06. The lowest BCUT2D eigenvalue weighted by Crippen LogP contribution is -2.11. The van der Waals surface area contributed by atoms with E-state index in [9.17, 15) is 4.79 Å². The smallest absolute Gasteiger partial charge is 0.303 e. The lowest BCUT2D eigenvalue weighted by molar-refractivity contribution is -0.137. The quantitative estimate of drug-likeness (QED) is 0.879. The number of hydrogen-bond donors (Lipinski definition) is 2. The summed E-state index contributed by atoms with van der Waals surface area (Å²) in [5.41, 5.74) is 6.75. The molecule has 0 fully saturated rings. The highest BCUT2D eigenvalue weighted by Gasteiger charge is 2.13. The molecule has 1 aromatic carbocycles. The average molecular weight is 280 g/mol. The van der Waals surface area contributed by atoms with Gasteiger partial charge in [0.1, 0.15) is 11.5 Å². The number of carboxylic acid groups (broad SMARTS) is 1. The number of aliphatic carboxylic acids is 1. The molecule has 2 aromatic rings. The van der Waals surface area contributed by atoms with Gasteiger partial charge in [0.2, 0.25) is 0 Å². The van der Waals surface area contributed by atoms with Gasteiger partial charge in [-0.2, -0.15) is 0 Å². The fourth-order valence-electron chi connectivity index (χ4n) is 1.77. The Labute approximate surface area is 115 Å². The van der Waals surface area contributed by atoms with Crippen LogP contribution in [0.1, 0.15) is 24.6 Å². The molecule has 0 spiro atoms. The summed E-state index contributed by atoms with van der Waals surface area (Å²) in [6.07, 6.45) is 0.367. The van der Waals surface area contributed by atoms with Crippen LogP contribution in [-0.2, 0) is 4.79 Å². The lowest BCUT2D eigenvalue weighted by atomic mass is 10.1. The fraction of sp³-hybridized carbons (Fsp3) is 0.214. The van der Waals surface area contributed by atoms with E-state index in [4.69, 9.17) is 26.9 Å². The number of halogens is 1. The number of carboxylic acids is 1. The zero-order valence-corrected chi connectivity index (χ0v) is 10.9. The Balaban J connectivity index is 2.12. The first kappa shape index (κ1) is 13.6. The van der Waals surface area contributed by atoms with Crippen LogP contribution in [0.5, 0.6) is 0 Å². The molecule has 100 valence electrons. The Morgan fingerprint density at radius 2 is 2.16 bits per heavy atom. The molecule has 0 unspecified atom stereocenters. The van der Waals surface area contributed by atoms with E-state index in [1.165, 1.54) is 0 Å². The van der Waals surface area contributed by atoms with Gasteiger partial charge in [-0.25, -0.2) is 0 Å². The Bertz CT molecular complexity index is 580. The predicted molar refractivity (Wildman–Crippen MR) is 73.0 cm³/mol. The first-order valence-corrected chi connectivity index (χ1v) is 6.27. The number of hydrogen-bond acceptors (Lipinski definition) is 3. The van der Waals surface area contributed by atoms with Crippen LogP contribution in [0.3, 0.4) is 0 Å². The van der Waals surface area contributed by atoms with E-state index in [0.717, 1.165) is 5.56 Å². The molecule has 0 aliphatic heterocycles. The van der Waals surface area contributed by atoms with Crippen molar-refractivity contribution in [2.75, 3.05) is 0 Å². The molecule has 0 saturated carbocycles. The van der Waals surface area contributed by atoms with Gasteiger partial charge in [0.25, 0.3) is 0 Å². The summed E-state index contributed by atoms with van der Waals surface area (Å²) in [6.45, 7) is 0. The van der Waals surface area contributed by atoms with Crippen molar-refractivity contribution in [3.8, 4) is 11.3 Å². The van der Waals surface area contributed by atoms with Crippen molar-refractivity contribution < 1.29 is 14.3 Å². The summed E-state index contributed by atoms with van der Waals surface area (Å²) >= 11 is 5.92. The molecule has 0 saturated heterocycles. The van der Waals surface area contributed by atoms with Gasteiger partial charge in [0, 0.05) is 17.0 Å². The maximum atomic E-state index is 10.5. The van der Waals surface area contributed by atoms with Crippen molar-refractivity contribution >= 4 is 17.6 Å². The predicted octanol–water partition coefficient (Wildman–Crippen LogP) is 3.46. The van der Waals surface area contributed by atoms with Gasteiger partial charge >= 0.3 is 5.97 Å². The summed E-state index contributed by atoms with van der Waals surface area (Å²) in [6, 6.07) is 10.5. The van der Waals surface area contributed by atoms with Gasteiger partial charge in [0.05, 0.1) is 6.04 Å². The maximum Gasteiger partial charge on any atom is 0.303 e. The number of carbonyl (C=O) groups is 1. The highest BCUT2D eigenvalue weighted by atomic mass is 35.5. The number of nitrogens with two attached hydrogens (primary N) is 1. The van der Waals surface area contributed by atoms with E-state index in [-0.39, 0.29) is 6.42 Å². The summed E-state index contributed by atoms with van der Waals surface area (Å²) in [5.74, 6) is 0.386. The zero-order valence-electron chi connectivity index (χ0n) is 10.2. The van der Waals surface area contributed by atoms with Gasteiger partial charge < -0.3 is 15.3 Å². The third kappa shape index (κ3) is 3.59. The summed E-state index contributed by atoms with van der Waals surface area (Å²) in [4.78, 5) is 10.5. The molecule has 5 heteroatoms. The van der Waals surface area contributed by atoms with Crippen molar-refractivity contribution in [1.82, 2.24) is 0 Å². The Kier molecular flexibility index (Phi) is 4.24. The van der Waals surface area contributed by atoms with Gasteiger partial charge in [-0.3, -0.25) is 4.79 Å². The van der Waals surface area contributed by atoms with Crippen LogP contribution in [0.25, 0.3) is 11.3 Å². The van der Waals surface area contributed by atoms with Crippen LogP contribution in [-0.4, -0.2) is 11.1 Å². The van der Waals surface area contributed by atoms with Crippen molar-refractivity contribution in [1.29, 1.82) is 0 Å². The summed E-state index contributed by atoms with van der Waals surface area (Å²) in [7, 11) is 0. The van der Waals surface area contributed by atoms with Gasteiger partial charge in [-0.1, -0.05) is 23.7 Å². The van der Waals surface area contributed by atoms with Crippen molar-refractivity contribution in [2.24, 2.45) is 5.73 Å². The molecule has 0 bridgehead atoms. The van der Waals surface area contributed by atoms with Crippen LogP contribution in [0, 0.1) is 0 Å². The molecule has 0 aliphatic rings. The molecular weight excluding hydrogens is 266 g/mol. The molecule has 1 aromatic heterocycles. The average Bonchev–Trinajstić information content (AvgIpc) is 2.85. The monoisotopic (exact) mass is 279 g/mol. The fourth-order valence-corrected chi connectivity index (χ4v) is 1.96.